The molecule has 0 aliphatic carbocycles. The molecule has 156 valence electrons. The number of rotatable bonds is 4. The van der Waals surface area contributed by atoms with E-state index >= 15 is 0 Å². The summed E-state index contributed by atoms with van der Waals surface area (Å²) in [4.78, 5) is 12.5. The van der Waals surface area contributed by atoms with Gasteiger partial charge in [-0.2, -0.15) is 8.78 Å². The van der Waals surface area contributed by atoms with Crippen molar-refractivity contribution in [2.75, 3.05) is 6.61 Å². The van der Waals surface area contributed by atoms with Crippen molar-refractivity contribution in [1.82, 2.24) is 5.32 Å². The number of carbonyl (C=O) groups is 1. The van der Waals surface area contributed by atoms with Crippen LogP contribution in [-0.4, -0.2) is 18.9 Å². The van der Waals surface area contributed by atoms with Gasteiger partial charge in [0.2, 0.25) is 0 Å². The molecule has 0 saturated heterocycles. The average Bonchev–Trinajstić information content (AvgIpc) is 2.59. The summed E-state index contributed by atoms with van der Waals surface area (Å²) in [6.07, 6.45) is -4.90. The highest BCUT2D eigenvalue weighted by Crippen LogP contribution is 2.36. The summed E-state index contributed by atoms with van der Waals surface area (Å²) in [5.41, 5.74) is 0.174. The number of fused-ring (bicyclic) bond motifs is 1. The first-order valence-electron chi connectivity index (χ1n) is 8.41. The van der Waals surface area contributed by atoms with Crippen LogP contribution in [0.5, 0.6) is 5.75 Å². The number of benzene rings is 2. The third-order valence-corrected chi connectivity index (χ3v) is 4.81. The summed E-state index contributed by atoms with van der Waals surface area (Å²) in [7, 11) is 0. The summed E-state index contributed by atoms with van der Waals surface area (Å²) >= 11 is 3.08. The van der Waals surface area contributed by atoms with E-state index in [4.69, 9.17) is 4.74 Å². The van der Waals surface area contributed by atoms with Crippen LogP contribution >= 0.6 is 15.9 Å². The van der Waals surface area contributed by atoms with Gasteiger partial charge in [0.15, 0.2) is 0 Å². The van der Waals surface area contributed by atoms with Crippen LogP contribution in [0.1, 0.15) is 40.0 Å². The van der Waals surface area contributed by atoms with E-state index in [0.29, 0.717) is 4.47 Å². The van der Waals surface area contributed by atoms with Crippen LogP contribution in [0.3, 0.4) is 0 Å². The Bertz CT molecular complexity index is 933. The van der Waals surface area contributed by atoms with Crippen LogP contribution in [0.4, 0.5) is 22.0 Å². The van der Waals surface area contributed by atoms with Crippen LogP contribution in [0.15, 0.2) is 40.9 Å². The molecule has 1 heterocycles. The fraction of sp³-hybridized carbons (Fsp3) is 0.316. The van der Waals surface area contributed by atoms with Crippen LogP contribution in [0.2, 0.25) is 0 Å². The Balaban J connectivity index is 1.81. The van der Waals surface area contributed by atoms with Gasteiger partial charge < -0.3 is 14.8 Å². The molecule has 1 aliphatic rings. The van der Waals surface area contributed by atoms with Crippen molar-refractivity contribution in [2.45, 2.75) is 31.9 Å². The molecule has 3 rings (SSSR count). The van der Waals surface area contributed by atoms with Gasteiger partial charge in [-0.05, 0) is 36.8 Å². The van der Waals surface area contributed by atoms with Crippen molar-refractivity contribution in [2.24, 2.45) is 0 Å². The fourth-order valence-electron chi connectivity index (χ4n) is 3.01. The minimum atomic E-state index is -4.90. The van der Waals surface area contributed by atoms with E-state index in [2.05, 4.69) is 26.0 Å². The molecule has 29 heavy (non-hydrogen) atoms. The molecule has 2 aromatic carbocycles. The maximum atomic E-state index is 13.8. The van der Waals surface area contributed by atoms with E-state index in [1.54, 1.807) is 0 Å². The molecule has 1 amide bonds. The normalized spacial score (nSPS) is 16.7. The molecule has 0 bridgehead atoms. The first-order chi connectivity index (χ1) is 13.5. The third-order valence-electron chi connectivity index (χ3n) is 4.32. The topological polar surface area (TPSA) is 47.6 Å². The van der Waals surface area contributed by atoms with E-state index in [9.17, 15) is 26.7 Å². The maximum absolute atomic E-state index is 13.8. The van der Waals surface area contributed by atoms with Gasteiger partial charge in [-0.25, -0.2) is 0 Å². The lowest BCUT2D eigenvalue weighted by Gasteiger charge is -2.26. The van der Waals surface area contributed by atoms with E-state index in [0.717, 1.165) is 12.1 Å². The SMILES string of the molecule is C[C@H](NC(=O)c1ccc2c(c1)COCC2(F)F)c1ccc(Br)cc1OC(F)(F)F. The van der Waals surface area contributed by atoms with E-state index < -0.39 is 36.6 Å². The van der Waals surface area contributed by atoms with Crippen molar-refractivity contribution < 1.29 is 36.2 Å². The molecule has 0 aromatic heterocycles. The molecule has 4 nitrogen and oxygen atoms in total. The van der Waals surface area contributed by atoms with Gasteiger partial charge in [0.25, 0.3) is 11.8 Å². The highest BCUT2D eigenvalue weighted by atomic mass is 79.9. The van der Waals surface area contributed by atoms with E-state index in [-0.39, 0.29) is 28.9 Å². The maximum Gasteiger partial charge on any atom is 0.573 e. The number of hydrogen-bond acceptors (Lipinski definition) is 3. The van der Waals surface area contributed by atoms with Crippen molar-refractivity contribution in [3.8, 4) is 5.75 Å². The predicted molar refractivity (Wildman–Crippen MR) is 96.7 cm³/mol. The van der Waals surface area contributed by atoms with Crippen molar-refractivity contribution >= 4 is 21.8 Å². The number of carbonyl (C=O) groups excluding carboxylic acids is 1. The Morgan fingerprint density at radius 2 is 1.97 bits per heavy atom. The van der Waals surface area contributed by atoms with Gasteiger partial charge in [0, 0.05) is 21.2 Å². The Morgan fingerprint density at radius 3 is 2.66 bits per heavy atom. The second-order valence-corrected chi connectivity index (χ2v) is 7.41. The molecule has 0 fully saturated rings. The fourth-order valence-corrected chi connectivity index (χ4v) is 3.35. The average molecular weight is 480 g/mol. The lowest BCUT2D eigenvalue weighted by atomic mass is 9.97. The first kappa shape index (κ1) is 21.5. The zero-order valence-corrected chi connectivity index (χ0v) is 16.5. The number of amides is 1. The van der Waals surface area contributed by atoms with Crippen molar-refractivity contribution in [1.29, 1.82) is 0 Å². The zero-order chi connectivity index (χ0) is 21.4. The number of nitrogens with one attached hydrogen (secondary N) is 1. The summed E-state index contributed by atoms with van der Waals surface area (Å²) in [5, 5.41) is 2.56. The van der Waals surface area contributed by atoms with E-state index in [1.165, 1.54) is 31.2 Å². The number of ether oxygens (including phenoxy) is 2. The molecule has 1 atom stereocenters. The standard InChI is InChI=1S/C19H15BrF5NO3/c1-10(14-4-3-13(20)7-16(14)29-19(23,24)25)26-17(27)11-2-5-15-12(6-11)8-28-9-18(15,21)22/h2-7,10H,8-9H2,1H3,(H,26,27)/t10-/m0/s1. The van der Waals surface area contributed by atoms with Crippen molar-refractivity contribution in [3.63, 3.8) is 0 Å². The molecule has 0 spiro atoms. The second-order valence-electron chi connectivity index (χ2n) is 6.49. The number of halogens is 6. The number of alkyl halides is 5. The smallest absolute Gasteiger partial charge is 0.405 e. The Kier molecular flexibility index (Phi) is 5.86. The minimum Gasteiger partial charge on any atom is -0.405 e. The molecular weight excluding hydrogens is 465 g/mol. The summed E-state index contributed by atoms with van der Waals surface area (Å²) < 4.78 is 75.0. The Morgan fingerprint density at radius 1 is 1.24 bits per heavy atom. The third kappa shape index (κ3) is 5.05. The van der Waals surface area contributed by atoms with Crippen LogP contribution in [-0.2, 0) is 17.3 Å². The monoisotopic (exact) mass is 479 g/mol. The molecule has 0 radical (unpaired) electrons. The highest BCUT2D eigenvalue weighted by Gasteiger charge is 2.38. The number of hydrogen-bond donors (Lipinski definition) is 1. The molecule has 1 N–H and O–H groups in total. The Hall–Kier alpha value is -2.20. The zero-order valence-electron chi connectivity index (χ0n) is 14.9. The van der Waals surface area contributed by atoms with Gasteiger partial charge >= 0.3 is 6.36 Å². The molecule has 0 saturated carbocycles. The summed E-state index contributed by atoms with van der Waals surface area (Å²) in [6.45, 7) is 0.700. The van der Waals surface area contributed by atoms with Gasteiger partial charge in [0.05, 0.1) is 12.6 Å². The van der Waals surface area contributed by atoms with Gasteiger partial charge in [-0.3, -0.25) is 4.79 Å². The molecule has 0 unspecified atom stereocenters. The summed E-state index contributed by atoms with van der Waals surface area (Å²) in [5.74, 6) is -4.23. The molecule has 1 aliphatic heterocycles. The first-order valence-corrected chi connectivity index (χ1v) is 9.20. The minimum absolute atomic E-state index is 0.0577. The summed E-state index contributed by atoms with van der Waals surface area (Å²) in [6, 6.07) is 6.89. The largest absolute Gasteiger partial charge is 0.573 e. The predicted octanol–water partition coefficient (Wildman–Crippen LogP) is 5.46. The molecule has 10 heteroatoms. The molecule has 2 aromatic rings. The Labute approximate surface area is 171 Å². The van der Waals surface area contributed by atoms with Crippen molar-refractivity contribution in [3.05, 3.63) is 63.1 Å². The van der Waals surface area contributed by atoms with Gasteiger partial charge in [-0.1, -0.05) is 28.1 Å². The highest BCUT2D eigenvalue weighted by molar-refractivity contribution is 9.10. The lowest BCUT2D eigenvalue weighted by molar-refractivity contribution is -0.275. The quantitative estimate of drug-likeness (QED) is 0.592. The second kappa shape index (κ2) is 7.91. The van der Waals surface area contributed by atoms with Crippen LogP contribution < -0.4 is 10.1 Å². The van der Waals surface area contributed by atoms with E-state index in [1.807, 2.05) is 0 Å². The van der Waals surface area contributed by atoms with Gasteiger partial charge in [-0.15, -0.1) is 13.2 Å². The lowest BCUT2D eigenvalue weighted by Crippen LogP contribution is -2.30. The van der Waals surface area contributed by atoms with Crippen LogP contribution in [0, 0.1) is 0 Å². The van der Waals surface area contributed by atoms with Gasteiger partial charge in [0.1, 0.15) is 12.4 Å². The van der Waals surface area contributed by atoms with Crippen LogP contribution in [0.25, 0.3) is 0 Å². The molecular formula is C19H15BrF5NO3.